The summed E-state index contributed by atoms with van der Waals surface area (Å²) in [5.41, 5.74) is 7.60. The second-order valence-electron chi connectivity index (χ2n) is 3.61. The third kappa shape index (κ3) is 2.28. The molecular formula is C10H14N6. The first-order valence-electron chi connectivity index (χ1n) is 4.97. The molecule has 2 aromatic rings. The van der Waals surface area contributed by atoms with Crippen LogP contribution in [-0.2, 0) is 13.6 Å². The first kappa shape index (κ1) is 10.4. The average molecular weight is 218 g/mol. The van der Waals surface area contributed by atoms with Crippen LogP contribution in [0.25, 0.3) is 0 Å². The van der Waals surface area contributed by atoms with E-state index in [1.165, 1.54) is 0 Å². The monoisotopic (exact) mass is 218 g/mol. The van der Waals surface area contributed by atoms with Gasteiger partial charge in [0.05, 0.1) is 5.69 Å². The molecule has 3 N–H and O–H groups in total. The lowest BCUT2D eigenvalue weighted by atomic mass is 10.2. The summed E-state index contributed by atoms with van der Waals surface area (Å²) in [6.07, 6.45) is 1.98. The van der Waals surface area contributed by atoms with Gasteiger partial charge in [-0.25, -0.2) is 0 Å². The highest BCUT2D eigenvalue weighted by atomic mass is 15.3. The van der Waals surface area contributed by atoms with Gasteiger partial charge in [-0.05, 0) is 19.1 Å². The Bertz CT molecular complexity index is 473. The summed E-state index contributed by atoms with van der Waals surface area (Å²) in [6, 6.07) is 3.51. The summed E-state index contributed by atoms with van der Waals surface area (Å²) in [5, 5.41) is 15.1. The second kappa shape index (κ2) is 4.18. The smallest absolute Gasteiger partial charge is 0.149 e. The van der Waals surface area contributed by atoms with Crippen molar-refractivity contribution in [3.05, 3.63) is 29.6 Å². The number of nitrogens with zero attached hydrogens (tertiary/aromatic N) is 4. The molecule has 0 saturated heterocycles. The van der Waals surface area contributed by atoms with E-state index in [4.69, 9.17) is 5.73 Å². The minimum atomic E-state index is 0.420. The van der Waals surface area contributed by atoms with Crippen molar-refractivity contribution in [1.82, 2.24) is 20.0 Å². The molecule has 0 spiro atoms. The number of anilines is 2. The molecule has 2 heterocycles. The van der Waals surface area contributed by atoms with Crippen molar-refractivity contribution in [2.24, 2.45) is 7.05 Å². The van der Waals surface area contributed by atoms with Gasteiger partial charge in [-0.2, -0.15) is 5.10 Å². The third-order valence-electron chi connectivity index (χ3n) is 2.26. The maximum atomic E-state index is 5.45. The molecule has 0 unspecified atom stereocenters. The van der Waals surface area contributed by atoms with E-state index in [-0.39, 0.29) is 0 Å². The molecule has 0 bridgehead atoms. The van der Waals surface area contributed by atoms with Crippen LogP contribution in [0.3, 0.4) is 0 Å². The SMILES string of the molecule is Cc1nn(C)cc1CNc1ccc(N)nn1. The van der Waals surface area contributed by atoms with Gasteiger partial charge in [0.2, 0.25) is 0 Å². The van der Waals surface area contributed by atoms with Crippen molar-refractivity contribution in [3.63, 3.8) is 0 Å². The van der Waals surface area contributed by atoms with Crippen LogP contribution < -0.4 is 11.1 Å². The third-order valence-corrected chi connectivity index (χ3v) is 2.26. The van der Waals surface area contributed by atoms with Gasteiger partial charge < -0.3 is 11.1 Å². The molecule has 84 valence electrons. The molecule has 2 aromatic heterocycles. The van der Waals surface area contributed by atoms with Gasteiger partial charge in [-0.3, -0.25) is 4.68 Å². The molecule has 0 amide bonds. The summed E-state index contributed by atoms with van der Waals surface area (Å²) in [7, 11) is 1.90. The molecule has 0 radical (unpaired) electrons. The van der Waals surface area contributed by atoms with E-state index in [2.05, 4.69) is 20.6 Å². The van der Waals surface area contributed by atoms with Crippen LogP contribution in [0.4, 0.5) is 11.6 Å². The van der Waals surface area contributed by atoms with Gasteiger partial charge in [-0.1, -0.05) is 0 Å². The molecule has 6 nitrogen and oxygen atoms in total. The van der Waals surface area contributed by atoms with E-state index in [9.17, 15) is 0 Å². The number of hydrogen-bond donors (Lipinski definition) is 2. The Kier molecular flexibility index (Phi) is 2.72. The quantitative estimate of drug-likeness (QED) is 0.793. The first-order chi connectivity index (χ1) is 7.65. The van der Waals surface area contributed by atoms with Crippen molar-refractivity contribution < 1.29 is 0 Å². The lowest BCUT2D eigenvalue weighted by Crippen LogP contribution is -2.03. The molecule has 0 aromatic carbocycles. The number of nitrogen functional groups attached to an aromatic ring is 1. The van der Waals surface area contributed by atoms with E-state index in [0.29, 0.717) is 18.2 Å². The van der Waals surface area contributed by atoms with Crippen molar-refractivity contribution in [2.75, 3.05) is 11.1 Å². The van der Waals surface area contributed by atoms with Crippen LogP contribution in [0.1, 0.15) is 11.3 Å². The van der Waals surface area contributed by atoms with Crippen molar-refractivity contribution in [2.45, 2.75) is 13.5 Å². The fourth-order valence-electron chi connectivity index (χ4n) is 1.44. The van der Waals surface area contributed by atoms with Crippen LogP contribution in [0, 0.1) is 6.92 Å². The minimum Gasteiger partial charge on any atom is -0.382 e. The van der Waals surface area contributed by atoms with Gasteiger partial charge in [0, 0.05) is 25.4 Å². The predicted octanol–water partition coefficient (Wildman–Crippen LogP) is 0.713. The summed E-state index contributed by atoms with van der Waals surface area (Å²) < 4.78 is 1.79. The Hall–Kier alpha value is -2.11. The van der Waals surface area contributed by atoms with Gasteiger partial charge in [0.1, 0.15) is 11.6 Å². The van der Waals surface area contributed by atoms with E-state index in [1.54, 1.807) is 16.8 Å². The molecule has 0 atom stereocenters. The molecule has 0 aliphatic rings. The van der Waals surface area contributed by atoms with Crippen molar-refractivity contribution in [3.8, 4) is 0 Å². The molecular weight excluding hydrogens is 204 g/mol. The summed E-state index contributed by atoms with van der Waals surface area (Å²) in [6.45, 7) is 2.66. The molecule has 6 heteroatoms. The zero-order chi connectivity index (χ0) is 11.5. The summed E-state index contributed by atoms with van der Waals surface area (Å²) in [4.78, 5) is 0. The van der Waals surface area contributed by atoms with E-state index >= 15 is 0 Å². The van der Waals surface area contributed by atoms with Gasteiger partial charge >= 0.3 is 0 Å². The average Bonchev–Trinajstić information content (AvgIpc) is 2.57. The molecule has 0 fully saturated rings. The van der Waals surface area contributed by atoms with Crippen LogP contribution in [0.5, 0.6) is 0 Å². The lowest BCUT2D eigenvalue weighted by Gasteiger charge is -2.03. The topological polar surface area (TPSA) is 81.7 Å². The zero-order valence-corrected chi connectivity index (χ0v) is 9.31. The Balaban J connectivity index is 2.02. The van der Waals surface area contributed by atoms with Crippen LogP contribution in [0.15, 0.2) is 18.3 Å². The van der Waals surface area contributed by atoms with Gasteiger partial charge in [0.15, 0.2) is 0 Å². The number of nitrogens with one attached hydrogen (secondary N) is 1. The maximum absolute atomic E-state index is 5.45. The highest BCUT2D eigenvalue weighted by Gasteiger charge is 2.02. The van der Waals surface area contributed by atoms with Crippen LogP contribution >= 0.6 is 0 Å². The van der Waals surface area contributed by atoms with Crippen LogP contribution in [0.2, 0.25) is 0 Å². The molecule has 0 saturated carbocycles. The standard InChI is InChI=1S/C10H14N6/c1-7-8(6-16(2)15-7)5-12-10-4-3-9(11)13-14-10/h3-4,6H,5H2,1-2H3,(H2,11,13)(H,12,14). The molecule has 2 rings (SSSR count). The minimum absolute atomic E-state index is 0.420. The van der Waals surface area contributed by atoms with Crippen molar-refractivity contribution in [1.29, 1.82) is 0 Å². The first-order valence-corrected chi connectivity index (χ1v) is 4.97. The fraction of sp³-hybridized carbons (Fsp3) is 0.300. The van der Waals surface area contributed by atoms with E-state index < -0.39 is 0 Å². The van der Waals surface area contributed by atoms with E-state index in [1.807, 2.05) is 20.2 Å². The largest absolute Gasteiger partial charge is 0.382 e. The maximum Gasteiger partial charge on any atom is 0.149 e. The van der Waals surface area contributed by atoms with Gasteiger partial charge in [-0.15, -0.1) is 10.2 Å². The lowest BCUT2D eigenvalue weighted by molar-refractivity contribution is 0.756. The number of rotatable bonds is 3. The number of hydrogen-bond acceptors (Lipinski definition) is 5. The zero-order valence-electron chi connectivity index (χ0n) is 9.31. The number of aromatic nitrogens is 4. The Labute approximate surface area is 93.5 Å². The fourth-order valence-corrected chi connectivity index (χ4v) is 1.44. The Morgan fingerprint density at radius 3 is 2.75 bits per heavy atom. The van der Waals surface area contributed by atoms with Crippen LogP contribution in [-0.4, -0.2) is 20.0 Å². The Morgan fingerprint density at radius 1 is 1.38 bits per heavy atom. The summed E-state index contributed by atoms with van der Waals surface area (Å²) >= 11 is 0. The number of aryl methyl sites for hydroxylation is 2. The number of nitrogens with two attached hydrogens (primary N) is 1. The Morgan fingerprint density at radius 2 is 2.19 bits per heavy atom. The second-order valence-corrected chi connectivity index (χ2v) is 3.61. The highest BCUT2D eigenvalue weighted by molar-refractivity contribution is 5.39. The molecule has 16 heavy (non-hydrogen) atoms. The molecule has 0 aliphatic heterocycles. The molecule has 0 aliphatic carbocycles. The normalized spacial score (nSPS) is 10.4. The highest BCUT2D eigenvalue weighted by Crippen LogP contribution is 2.08. The summed E-state index contributed by atoms with van der Waals surface area (Å²) in [5.74, 6) is 1.13. The van der Waals surface area contributed by atoms with Gasteiger partial charge in [0.25, 0.3) is 0 Å². The van der Waals surface area contributed by atoms with E-state index in [0.717, 1.165) is 11.3 Å². The van der Waals surface area contributed by atoms with Crippen molar-refractivity contribution >= 4 is 11.6 Å². The predicted molar refractivity (Wildman–Crippen MR) is 61.7 cm³/mol.